The molecule has 4 nitrogen and oxygen atoms in total. The van der Waals surface area contributed by atoms with E-state index in [2.05, 4.69) is 5.32 Å². The van der Waals surface area contributed by atoms with Crippen molar-refractivity contribution in [3.63, 3.8) is 0 Å². The van der Waals surface area contributed by atoms with E-state index < -0.39 is 0 Å². The molecule has 0 saturated carbocycles. The van der Waals surface area contributed by atoms with Crippen LogP contribution in [0.4, 0.5) is 4.79 Å². The third-order valence-electron chi connectivity index (χ3n) is 2.04. The first-order valence-corrected chi connectivity index (χ1v) is 3.96. The zero-order valence-corrected chi connectivity index (χ0v) is 8.06. The zero-order chi connectivity index (χ0) is 8.27. The molecule has 1 heterocycles. The third-order valence-corrected chi connectivity index (χ3v) is 2.04. The largest absolute Gasteiger partial charge is 0.341 e. The van der Waals surface area contributed by atoms with E-state index in [9.17, 15) is 4.79 Å². The summed E-state index contributed by atoms with van der Waals surface area (Å²) in [5.74, 6) is 0. The number of nitrogens with one attached hydrogen (secondary N) is 1. The van der Waals surface area contributed by atoms with Crippen LogP contribution >= 0.6 is 12.4 Å². The molecule has 1 aliphatic rings. The molecule has 0 unspecified atom stereocenters. The predicted octanol–water partition coefficient (Wildman–Crippen LogP) is 0.171. The zero-order valence-electron chi connectivity index (χ0n) is 7.25. The summed E-state index contributed by atoms with van der Waals surface area (Å²) >= 11 is 0. The lowest BCUT2D eigenvalue weighted by atomic mass is 10.1. The Hall–Kier alpha value is -0.480. The van der Waals surface area contributed by atoms with Crippen molar-refractivity contribution in [3.8, 4) is 0 Å². The molecule has 0 aromatic rings. The van der Waals surface area contributed by atoms with E-state index in [4.69, 9.17) is 5.73 Å². The van der Waals surface area contributed by atoms with Gasteiger partial charge < -0.3 is 16.0 Å². The number of halogens is 1. The van der Waals surface area contributed by atoms with E-state index >= 15 is 0 Å². The number of urea groups is 1. The van der Waals surface area contributed by atoms with Gasteiger partial charge in [0.15, 0.2) is 0 Å². The van der Waals surface area contributed by atoms with Crippen LogP contribution in [0.15, 0.2) is 0 Å². The van der Waals surface area contributed by atoms with Crippen LogP contribution in [-0.4, -0.2) is 37.1 Å². The average Bonchev–Trinajstić information content (AvgIpc) is 2.05. The standard InChI is InChI=1S/C7H15N3O.ClH/c1-9-7(11)10-4-2-6(8)3-5-10;/h6H,2-5,8H2,1H3,(H,9,11);1H. The van der Waals surface area contributed by atoms with Crippen LogP contribution in [-0.2, 0) is 0 Å². The summed E-state index contributed by atoms with van der Waals surface area (Å²) in [5.41, 5.74) is 5.68. The van der Waals surface area contributed by atoms with Gasteiger partial charge in [-0.25, -0.2) is 4.79 Å². The Balaban J connectivity index is 0.00000121. The van der Waals surface area contributed by atoms with Crippen LogP contribution in [0.2, 0.25) is 0 Å². The van der Waals surface area contributed by atoms with Crippen LogP contribution in [0.3, 0.4) is 0 Å². The van der Waals surface area contributed by atoms with Gasteiger partial charge in [-0.2, -0.15) is 0 Å². The van der Waals surface area contributed by atoms with E-state index in [1.807, 2.05) is 0 Å². The van der Waals surface area contributed by atoms with Gasteiger partial charge in [-0.3, -0.25) is 0 Å². The highest BCUT2D eigenvalue weighted by atomic mass is 35.5. The second-order valence-electron chi connectivity index (χ2n) is 2.88. The molecule has 1 aliphatic heterocycles. The van der Waals surface area contributed by atoms with Gasteiger partial charge in [0.1, 0.15) is 0 Å². The quantitative estimate of drug-likeness (QED) is 0.577. The Kier molecular flexibility index (Phi) is 5.01. The molecule has 1 rings (SSSR count). The van der Waals surface area contributed by atoms with E-state index in [1.165, 1.54) is 0 Å². The number of carbonyl (C=O) groups excluding carboxylic acids is 1. The number of carbonyl (C=O) groups is 1. The van der Waals surface area contributed by atoms with Gasteiger partial charge in [0, 0.05) is 26.2 Å². The first kappa shape index (κ1) is 11.5. The Bertz CT molecular complexity index is 146. The number of likely N-dealkylation sites (tertiary alicyclic amines) is 1. The Morgan fingerprint density at radius 2 is 2.00 bits per heavy atom. The average molecular weight is 194 g/mol. The summed E-state index contributed by atoms with van der Waals surface area (Å²) < 4.78 is 0. The van der Waals surface area contributed by atoms with E-state index in [-0.39, 0.29) is 24.5 Å². The van der Waals surface area contributed by atoms with Gasteiger partial charge in [-0.05, 0) is 12.8 Å². The number of nitrogens with zero attached hydrogens (tertiary/aromatic N) is 1. The minimum atomic E-state index is 0. The van der Waals surface area contributed by atoms with Crippen molar-refractivity contribution < 1.29 is 4.79 Å². The lowest BCUT2D eigenvalue weighted by molar-refractivity contribution is 0.184. The van der Waals surface area contributed by atoms with Crippen molar-refractivity contribution in [3.05, 3.63) is 0 Å². The van der Waals surface area contributed by atoms with Crippen LogP contribution in [0.5, 0.6) is 0 Å². The molecule has 0 atom stereocenters. The molecule has 0 bridgehead atoms. The number of piperidine rings is 1. The third kappa shape index (κ3) is 2.87. The molecule has 0 radical (unpaired) electrons. The molecule has 1 saturated heterocycles. The van der Waals surface area contributed by atoms with Crippen molar-refractivity contribution in [2.24, 2.45) is 5.73 Å². The molecule has 0 aromatic carbocycles. The molecule has 5 heteroatoms. The molecule has 0 aliphatic carbocycles. The van der Waals surface area contributed by atoms with Gasteiger partial charge in [0.2, 0.25) is 0 Å². The van der Waals surface area contributed by atoms with Gasteiger partial charge in [0.05, 0.1) is 0 Å². The number of rotatable bonds is 0. The van der Waals surface area contributed by atoms with Crippen molar-refractivity contribution in [1.29, 1.82) is 0 Å². The number of hydrogen-bond donors (Lipinski definition) is 2. The summed E-state index contributed by atoms with van der Waals surface area (Å²) in [4.78, 5) is 12.8. The van der Waals surface area contributed by atoms with Crippen LogP contribution < -0.4 is 11.1 Å². The van der Waals surface area contributed by atoms with Crippen molar-refractivity contribution >= 4 is 18.4 Å². The lowest BCUT2D eigenvalue weighted by Crippen LogP contribution is -2.46. The molecule has 0 spiro atoms. The predicted molar refractivity (Wildman–Crippen MR) is 50.5 cm³/mol. The molecule has 2 amide bonds. The van der Waals surface area contributed by atoms with Gasteiger partial charge >= 0.3 is 6.03 Å². The summed E-state index contributed by atoms with van der Waals surface area (Å²) in [5, 5.41) is 2.60. The van der Waals surface area contributed by atoms with Gasteiger partial charge in [0.25, 0.3) is 0 Å². The van der Waals surface area contributed by atoms with Crippen molar-refractivity contribution in [1.82, 2.24) is 10.2 Å². The topological polar surface area (TPSA) is 58.4 Å². The maximum absolute atomic E-state index is 11.0. The first-order valence-electron chi connectivity index (χ1n) is 3.96. The van der Waals surface area contributed by atoms with Gasteiger partial charge in [-0.15, -0.1) is 12.4 Å². The summed E-state index contributed by atoms with van der Waals surface area (Å²) in [6.45, 7) is 1.58. The minimum Gasteiger partial charge on any atom is -0.341 e. The second-order valence-corrected chi connectivity index (χ2v) is 2.88. The van der Waals surface area contributed by atoms with E-state index in [0.29, 0.717) is 0 Å². The molecular formula is C7H16ClN3O. The highest BCUT2D eigenvalue weighted by Crippen LogP contribution is 2.07. The summed E-state index contributed by atoms with van der Waals surface area (Å²) in [6.07, 6.45) is 1.85. The maximum atomic E-state index is 11.0. The highest BCUT2D eigenvalue weighted by Gasteiger charge is 2.18. The van der Waals surface area contributed by atoms with Crippen LogP contribution in [0.1, 0.15) is 12.8 Å². The second kappa shape index (κ2) is 5.22. The number of amides is 2. The van der Waals surface area contributed by atoms with Crippen LogP contribution in [0.25, 0.3) is 0 Å². The minimum absolute atomic E-state index is 0. The fourth-order valence-corrected chi connectivity index (χ4v) is 1.26. The van der Waals surface area contributed by atoms with Crippen molar-refractivity contribution in [2.45, 2.75) is 18.9 Å². The van der Waals surface area contributed by atoms with Crippen LogP contribution in [0, 0.1) is 0 Å². The highest BCUT2D eigenvalue weighted by molar-refractivity contribution is 5.85. The summed E-state index contributed by atoms with van der Waals surface area (Å²) in [6, 6.07) is 0.299. The van der Waals surface area contributed by atoms with Crippen molar-refractivity contribution in [2.75, 3.05) is 20.1 Å². The Morgan fingerprint density at radius 3 is 2.42 bits per heavy atom. The molecule has 0 aromatic heterocycles. The van der Waals surface area contributed by atoms with E-state index in [0.717, 1.165) is 25.9 Å². The van der Waals surface area contributed by atoms with E-state index in [1.54, 1.807) is 11.9 Å². The first-order chi connectivity index (χ1) is 5.24. The Labute approximate surface area is 78.9 Å². The van der Waals surface area contributed by atoms with Gasteiger partial charge in [-0.1, -0.05) is 0 Å². The fourth-order valence-electron chi connectivity index (χ4n) is 1.26. The number of nitrogens with two attached hydrogens (primary N) is 1. The molecule has 3 N–H and O–H groups in total. The normalized spacial score (nSPS) is 18.3. The SMILES string of the molecule is CNC(=O)N1CCC(N)CC1.Cl. The fraction of sp³-hybridized carbons (Fsp3) is 0.857. The number of hydrogen-bond acceptors (Lipinski definition) is 2. The Morgan fingerprint density at radius 1 is 1.50 bits per heavy atom. The molecule has 12 heavy (non-hydrogen) atoms. The molecule has 1 fully saturated rings. The lowest BCUT2D eigenvalue weighted by Gasteiger charge is -2.29. The molecular weight excluding hydrogens is 178 g/mol. The smallest absolute Gasteiger partial charge is 0.317 e. The maximum Gasteiger partial charge on any atom is 0.317 e. The summed E-state index contributed by atoms with van der Waals surface area (Å²) in [7, 11) is 1.65. The molecule has 72 valence electrons. The monoisotopic (exact) mass is 193 g/mol.